The SMILES string of the molecule is CCc1ccc(-c2cccc(C(N)=O)c2)cc1. The molecule has 0 spiro atoms. The molecular weight excluding hydrogens is 210 g/mol. The average Bonchev–Trinajstić information content (AvgIpc) is 2.39. The van der Waals surface area contributed by atoms with Crippen molar-refractivity contribution < 1.29 is 4.79 Å². The maximum Gasteiger partial charge on any atom is 0.248 e. The minimum absolute atomic E-state index is 0.392. The predicted octanol–water partition coefficient (Wildman–Crippen LogP) is 3.01. The molecule has 0 aliphatic carbocycles. The fraction of sp³-hybridized carbons (Fsp3) is 0.133. The van der Waals surface area contributed by atoms with E-state index in [9.17, 15) is 4.79 Å². The van der Waals surface area contributed by atoms with E-state index >= 15 is 0 Å². The van der Waals surface area contributed by atoms with Gasteiger partial charge in [-0.1, -0.05) is 43.3 Å². The lowest BCUT2D eigenvalue weighted by molar-refractivity contribution is 0.100. The lowest BCUT2D eigenvalue weighted by Crippen LogP contribution is -2.10. The van der Waals surface area contributed by atoms with Crippen LogP contribution in [0.4, 0.5) is 0 Å². The van der Waals surface area contributed by atoms with Gasteiger partial charge >= 0.3 is 0 Å². The minimum atomic E-state index is -0.392. The molecule has 2 nitrogen and oxygen atoms in total. The summed E-state index contributed by atoms with van der Waals surface area (Å²) >= 11 is 0. The first kappa shape index (κ1) is 11.4. The molecule has 2 N–H and O–H groups in total. The molecule has 0 saturated carbocycles. The standard InChI is InChI=1S/C15H15NO/c1-2-11-6-8-12(9-7-11)13-4-3-5-14(10-13)15(16)17/h3-10H,2H2,1H3,(H2,16,17). The molecule has 2 aromatic carbocycles. The summed E-state index contributed by atoms with van der Waals surface area (Å²) in [4.78, 5) is 11.1. The molecule has 0 aliphatic heterocycles. The second kappa shape index (κ2) is 4.83. The number of hydrogen-bond acceptors (Lipinski definition) is 1. The van der Waals surface area contributed by atoms with Crippen LogP contribution in [-0.4, -0.2) is 5.91 Å². The number of nitrogens with two attached hydrogens (primary N) is 1. The average molecular weight is 225 g/mol. The van der Waals surface area contributed by atoms with Crippen LogP contribution in [-0.2, 0) is 6.42 Å². The Morgan fingerprint density at radius 1 is 1.06 bits per heavy atom. The highest BCUT2D eigenvalue weighted by molar-refractivity contribution is 5.94. The highest BCUT2D eigenvalue weighted by Crippen LogP contribution is 2.21. The second-order valence-corrected chi connectivity index (χ2v) is 4.00. The number of benzene rings is 2. The Morgan fingerprint density at radius 3 is 2.35 bits per heavy atom. The van der Waals surface area contributed by atoms with Crippen molar-refractivity contribution in [3.8, 4) is 11.1 Å². The molecule has 2 aromatic rings. The highest BCUT2D eigenvalue weighted by atomic mass is 16.1. The zero-order valence-corrected chi connectivity index (χ0v) is 9.81. The van der Waals surface area contributed by atoms with E-state index in [1.165, 1.54) is 5.56 Å². The number of aryl methyl sites for hydroxylation is 1. The molecule has 2 rings (SSSR count). The van der Waals surface area contributed by atoms with Crippen molar-refractivity contribution in [2.45, 2.75) is 13.3 Å². The Morgan fingerprint density at radius 2 is 1.76 bits per heavy atom. The molecular formula is C15H15NO. The van der Waals surface area contributed by atoms with E-state index in [1.807, 2.05) is 18.2 Å². The van der Waals surface area contributed by atoms with Gasteiger partial charge in [0.15, 0.2) is 0 Å². The van der Waals surface area contributed by atoms with Gasteiger partial charge in [0.05, 0.1) is 0 Å². The van der Waals surface area contributed by atoms with Crippen molar-refractivity contribution in [1.82, 2.24) is 0 Å². The van der Waals surface area contributed by atoms with E-state index in [0.717, 1.165) is 17.5 Å². The zero-order valence-electron chi connectivity index (χ0n) is 9.81. The van der Waals surface area contributed by atoms with Gasteiger partial charge in [0, 0.05) is 5.56 Å². The molecule has 0 aliphatic rings. The molecule has 0 unspecified atom stereocenters. The smallest absolute Gasteiger partial charge is 0.248 e. The summed E-state index contributed by atoms with van der Waals surface area (Å²) in [6.45, 7) is 2.13. The first-order chi connectivity index (χ1) is 8.20. The molecule has 0 heterocycles. The Hall–Kier alpha value is -2.09. The van der Waals surface area contributed by atoms with Gasteiger partial charge < -0.3 is 5.73 Å². The minimum Gasteiger partial charge on any atom is -0.366 e. The number of carbonyl (C=O) groups is 1. The fourth-order valence-electron chi connectivity index (χ4n) is 1.78. The first-order valence-corrected chi connectivity index (χ1v) is 5.70. The molecule has 0 atom stereocenters. The monoisotopic (exact) mass is 225 g/mol. The van der Waals surface area contributed by atoms with Crippen molar-refractivity contribution in [2.75, 3.05) is 0 Å². The van der Waals surface area contributed by atoms with Crippen LogP contribution < -0.4 is 5.73 Å². The lowest BCUT2D eigenvalue weighted by Gasteiger charge is -2.04. The lowest BCUT2D eigenvalue weighted by atomic mass is 10.0. The van der Waals surface area contributed by atoms with Gasteiger partial charge in [-0.25, -0.2) is 0 Å². The van der Waals surface area contributed by atoms with Crippen LogP contribution in [0.15, 0.2) is 48.5 Å². The third-order valence-corrected chi connectivity index (χ3v) is 2.84. The molecule has 2 heteroatoms. The summed E-state index contributed by atoms with van der Waals surface area (Å²) in [6, 6.07) is 15.7. The number of hydrogen-bond donors (Lipinski definition) is 1. The van der Waals surface area contributed by atoms with Crippen molar-refractivity contribution >= 4 is 5.91 Å². The Labute approximate surface area is 101 Å². The van der Waals surface area contributed by atoms with Crippen LogP contribution in [0.5, 0.6) is 0 Å². The molecule has 0 saturated heterocycles. The van der Waals surface area contributed by atoms with E-state index in [4.69, 9.17) is 5.73 Å². The van der Waals surface area contributed by atoms with E-state index < -0.39 is 5.91 Å². The van der Waals surface area contributed by atoms with Crippen LogP contribution in [0.2, 0.25) is 0 Å². The van der Waals surface area contributed by atoms with E-state index in [0.29, 0.717) is 5.56 Å². The molecule has 86 valence electrons. The van der Waals surface area contributed by atoms with Gasteiger partial charge in [-0.15, -0.1) is 0 Å². The summed E-state index contributed by atoms with van der Waals surface area (Å²) in [5.74, 6) is -0.392. The van der Waals surface area contributed by atoms with Gasteiger partial charge in [-0.05, 0) is 35.2 Å². The number of primary amides is 1. The molecule has 0 bridgehead atoms. The first-order valence-electron chi connectivity index (χ1n) is 5.70. The number of carbonyl (C=O) groups excluding carboxylic acids is 1. The largest absolute Gasteiger partial charge is 0.366 e. The maximum absolute atomic E-state index is 11.1. The number of rotatable bonds is 3. The molecule has 0 radical (unpaired) electrons. The molecule has 17 heavy (non-hydrogen) atoms. The summed E-state index contributed by atoms with van der Waals surface area (Å²) in [5.41, 5.74) is 9.24. The van der Waals surface area contributed by atoms with Gasteiger partial charge in [-0.2, -0.15) is 0 Å². The molecule has 1 amide bonds. The van der Waals surface area contributed by atoms with Crippen LogP contribution in [0.1, 0.15) is 22.8 Å². The Bertz CT molecular complexity index is 529. The quantitative estimate of drug-likeness (QED) is 0.857. The summed E-state index contributed by atoms with van der Waals surface area (Å²) < 4.78 is 0. The van der Waals surface area contributed by atoms with Gasteiger partial charge in [0.2, 0.25) is 5.91 Å². The summed E-state index contributed by atoms with van der Waals surface area (Å²) in [7, 11) is 0. The van der Waals surface area contributed by atoms with Crippen LogP contribution in [0, 0.1) is 0 Å². The zero-order chi connectivity index (χ0) is 12.3. The van der Waals surface area contributed by atoms with E-state index in [2.05, 4.69) is 31.2 Å². The summed E-state index contributed by atoms with van der Waals surface area (Å²) in [6.07, 6.45) is 1.03. The Kier molecular flexibility index (Phi) is 3.24. The second-order valence-electron chi connectivity index (χ2n) is 4.00. The van der Waals surface area contributed by atoms with Crippen LogP contribution in [0.3, 0.4) is 0 Å². The third-order valence-electron chi connectivity index (χ3n) is 2.84. The fourth-order valence-corrected chi connectivity index (χ4v) is 1.78. The van der Waals surface area contributed by atoms with Crippen molar-refractivity contribution in [3.05, 3.63) is 59.7 Å². The van der Waals surface area contributed by atoms with Crippen molar-refractivity contribution in [3.63, 3.8) is 0 Å². The molecule has 0 fully saturated rings. The predicted molar refractivity (Wildman–Crippen MR) is 69.8 cm³/mol. The summed E-state index contributed by atoms with van der Waals surface area (Å²) in [5, 5.41) is 0. The third kappa shape index (κ3) is 2.53. The van der Waals surface area contributed by atoms with Crippen LogP contribution in [0.25, 0.3) is 11.1 Å². The maximum atomic E-state index is 11.1. The van der Waals surface area contributed by atoms with Gasteiger partial charge in [0.25, 0.3) is 0 Å². The van der Waals surface area contributed by atoms with E-state index in [1.54, 1.807) is 6.07 Å². The Balaban J connectivity index is 2.38. The number of amides is 1. The topological polar surface area (TPSA) is 43.1 Å². The van der Waals surface area contributed by atoms with Crippen molar-refractivity contribution in [1.29, 1.82) is 0 Å². The van der Waals surface area contributed by atoms with Crippen molar-refractivity contribution in [2.24, 2.45) is 5.73 Å². The van der Waals surface area contributed by atoms with Gasteiger partial charge in [0.1, 0.15) is 0 Å². The van der Waals surface area contributed by atoms with Crippen LogP contribution >= 0.6 is 0 Å². The molecule has 0 aromatic heterocycles. The normalized spacial score (nSPS) is 10.2. The highest BCUT2D eigenvalue weighted by Gasteiger charge is 2.02. The van der Waals surface area contributed by atoms with Gasteiger partial charge in [-0.3, -0.25) is 4.79 Å². The van der Waals surface area contributed by atoms with E-state index in [-0.39, 0.29) is 0 Å².